The van der Waals surface area contributed by atoms with Gasteiger partial charge >= 0.3 is 0 Å². The monoisotopic (exact) mass is 322 g/mol. The first kappa shape index (κ1) is 16.9. The Labute approximate surface area is 119 Å². The largest absolute Gasteiger partial charge is 0.381 e. The summed E-state index contributed by atoms with van der Waals surface area (Å²) in [5.74, 6) is -0.208. The number of benzene rings is 1. The lowest BCUT2D eigenvalue weighted by molar-refractivity contribution is 0.163. The lowest BCUT2D eigenvalue weighted by atomic mass is 10.2. The SMILES string of the molecule is CCOCCS(=O)(=O)Nc1cccc(S(N)(=O)=O)c1C. The standard InChI is InChI=1S/C11H18N2O5S2/c1-3-18-7-8-19(14,15)13-10-5-4-6-11(9(10)2)20(12,16)17/h4-6,13H,3,7-8H2,1-2H3,(H2,12,16,17). The summed E-state index contributed by atoms with van der Waals surface area (Å²) in [5, 5.41) is 5.06. The molecule has 1 rings (SSSR count). The van der Waals surface area contributed by atoms with E-state index >= 15 is 0 Å². The number of rotatable bonds is 7. The number of hydrogen-bond acceptors (Lipinski definition) is 5. The van der Waals surface area contributed by atoms with Gasteiger partial charge in [0.05, 0.1) is 22.9 Å². The molecule has 0 fully saturated rings. The molecule has 3 N–H and O–H groups in total. The van der Waals surface area contributed by atoms with Gasteiger partial charge in [-0.05, 0) is 31.5 Å². The smallest absolute Gasteiger partial charge is 0.238 e. The topological polar surface area (TPSA) is 116 Å². The van der Waals surface area contributed by atoms with E-state index in [1.165, 1.54) is 25.1 Å². The van der Waals surface area contributed by atoms with Crippen molar-refractivity contribution in [1.82, 2.24) is 0 Å². The summed E-state index contributed by atoms with van der Waals surface area (Å²) in [6.07, 6.45) is 0. The summed E-state index contributed by atoms with van der Waals surface area (Å²) in [5.41, 5.74) is 0.447. The van der Waals surface area contributed by atoms with Crippen molar-refractivity contribution in [2.45, 2.75) is 18.7 Å². The number of sulfonamides is 2. The minimum atomic E-state index is -3.89. The van der Waals surface area contributed by atoms with E-state index in [1.807, 2.05) is 0 Å². The molecule has 0 atom stereocenters. The normalized spacial score (nSPS) is 12.3. The van der Waals surface area contributed by atoms with E-state index in [9.17, 15) is 16.8 Å². The molecule has 0 aliphatic rings. The Morgan fingerprint density at radius 2 is 1.90 bits per heavy atom. The first-order chi connectivity index (χ1) is 9.17. The molecular formula is C11H18N2O5S2. The first-order valence-corrected chi connectivity index (χ1v) is 9.08. The zero-order valence-corrected chi connectivity index (χ0v) is 12.9. The molecule has 0 spiro atoms. The Balaban J connectivity index is 3.00. The van der Waals surface area contributed by atoms with Crippen LogP contribution in [-0.2, 0) is 24.8 Å². The zero-order chi connectivity index (χ0) is 15.4. The lowest BCUT2D eigenvalue weighted by Crippen LogP contribution is -2.21. The molecular weight excluding hydrogens is 304 g/mol. The average molecular weight is 322 g/mol. The Morgan fingerprint density at radius 1 is 1.25 bits per heavy atom. The second kappa shape index (κ2) is 6.53. The van der Waals surface area contributed by atoms with Gasteiger partial charge in [-0.15, -0.1) is 0 Å². The highest BCUT2D eigenvalue weighted by Crippen LogP contribution is 2.22. The number of anilines is 1. The van der Waals surface area contributed by atoms with Gasteiger partial charge in [0.25, 0.3) is 0 Å². The Kier molecular flexibility index (Phi) is 5.51. The van der Waals surface area contributed by atoms with E-state index in [4.69, 9.17) is 9.88 Å². The third-order valence-corrected chi connectivity index (χ3v) is 4.85. The molecule has 1 aromatic carbocycles. The highest BCUT2D eigenvalue weighted by molar-refractivity contribution is 7.92. The molecule has 0 unspecified atom stereocenters. The fraction of sp³-hybridized carbons (Fsp3) is 0.455. The van der Waals surface area contributed by atoms with E-state index < -0.39 is 20.0 Å². The second-order valence-corrected chi connectivity index (χ2v) is 7.46. The van der Waals surface area contributed by atoms with Crippen LogP contribution in [0.2, 0.25) is 0 Å². The maximum absolute atomic E-state index is 11.8. The summed E-state index contributed by atoms with van der Waals surface area (Å²) in [6, 6.07) is 4.22. The van der Waals surface area contributed by atoms with Crippen molar-refractivity contribution in [2.75, 3.05) is 23.7 Å². The molecule has 0 aromatic heterocycles. The third kappa shape index (κ3) is 4.75. The number of ether oxygens (including phenoxy) is 1. The van der Waals surface area contributed by atoms with Crippen molar-refractivity contribution >= 4 is 25.7 Å². The molecule has 1 aromatic rings. The zero-order valence-electron chi connectivity index (χ0n) is 11.3. The van der Waals surface area contributed by atoms with Gasteiger partial charge in [-0.1, -0.05) is 6.07 Å². The lowest BCUT2D eigenvalue weighted by Gasteiger charge is -2.12. The predicted molar refractivity (Wildman–Crippen MR) is 76.5 cm³/mol. The third-order valence-electron chi connectivity index (χ3n) is 2.56. The van der Waals surface area contributed by atoms with Gasteiger partial charge in [0.15, 0.2) is 0 Å². The Hall–Kier alpha value is -1.16. The van der Waals surface area contributed by atoms with Gasteiger partial charge in [-0.3, -0.25) is 4.72 Å². The molecule has 7 nitrogen and oxygen atoms in total. The van der Waals surface area contributed by atoms with Crippen molar-refractivity contribution in [2.24, 2.45) is 5.14 Å². The fourth-order valence-corrected chi connectivity index (χ4v) is 3.37. The summed E-state index contributed by atoms with van der Waals surface area (Å²) in [7, 11) is -7.49. The average Bonchev–Trinajstić information content (AvgIpc) is 2.30. The van der Waals surface area contributed by atoms with Crippen LogP contribution in [0.3, 0.4) is 0 Å². The van der Waals surface area contributed by atoms with Crippen LogP contribution in [0.1, 0.15) is 12.5 Å². The molecule has 0 radical (unpaired) electrons. The molecule has 0 amide bonds. The summed E-state index contributed by atoms with van der Waals surface area (Å²) in [4.78, 5) is -0.109. The maximum atomic E-state index is 11.8. The van der Waals surface area contributed by atoms with E-state index in [0.717, 1.165) is 0 Å². The van der Waals surface area contributed by atoms with Gasteiger partial charge < -0.3 is 4.74 Å². The van der Waals surface area contributed by atoms with Gasteiger partial charge in [0.1, 0.15) is 0 Å². The molecule has 20 heavy (non-hydrogen) atoms. The summed E-state index contributed by atoms with van der Waals surface area (Å²) < 4.78 is 53.7. The second-order valence-electron chi connectivity index (χ2n) is 4.09. The van der Waals surface area contributed by atoms with Gasteiger partial charge in [0, 0.05) is 6.61 Å². The quantitative estimate of drug-likeness (QED) is 0.706. The van der Waals surface area contributed by atoms with Crippen LogP contribution in [0.25, 0.3) is 0 Å². The minimum Gasteiger partial charge on any atom is -0.381 e. The van der Waals surface area contributed by atoms with E-state index in [0.29, 0.717) is 6.61 Å². The highest BCUT2D eigenvalue weighted by Gasteiger charge is 2.17. The van der Waals surface area contributed by atoms with Crippen LogP contribution in [0.5, 0.6) is 0 Å². The molecule has 0 aliphatic carbocycles. The van der Waals surface area contributed by atoms with E-state index in [-0.39, 0.29) is 28.5 Å². The van der Waals surface area contributed by atoms with Crippen molar-refractivity contribution < 1.29 is 21.6 Å². The summed E-state index contributed by atoms with van der Waals surface area (Å²) >= 11 is 0. The number of nitrogens with one attached hydrogen (secondary N) is 1. The first-order valence-electron chi connectivity index (χ1n) is 5.88. The van der Waals surface area contributed by atoms with E-state index in [2.05, 4.69) is 4.72 Å². The fourth-order valence-electron chi connectivity index (χ4n) is 1.56. The van der Waals surface area contributed by atoms with E-state index in [1.54, 1.807) is 6.92 Å². The number of hydrogen-bond donors (Lipinski definition) is 2. The van der Waals surface area contributed by atoms with Gasteiger partial charge in [0.2, 0.25) is 20.0 Å². The number of primary sulfonamides is 1. The molecule has 0 bridgehead atoms. The molecule has 0 heterocycles. The van der Waals surface area contributed by atoms with Crippen LogP contribution in [0.15, 0.2) is 23.1 Å². The summed E-state index contributed by atoms with van der Waals surface area (Å²) in [6.45, 7) is 3.75. The molecule has 9 heteroatoms. The molecule has 114 valence electrons. The van der Waals surface area contributed by atoms with Crippen molar-refractivity contribution in [3.63, 3.8) is 0 Å². The van der Waals surface area contributed by atoms with Crippen LogP contribution in [-0.4, -0.2) is 35.8 Å². The molecule has 0 saturated carbocycles. The highest BCUT2D eigenvalue weighted by atomic mass is 32.2. The maximum Gasteiger partial charge on any atom is 0.238 e. The predicted octanol–water partition coefficient (Wildman–Crippen LogP) is 0.421. The van der Waals surface area contributed by atoms with Gasteiger partial charge in [-0.25, -0.2) is 22.0 Å². The van der Waals surface area contributed by atoms with Crippen molar-refractivity contribution in [1.29, 1.82) is 0 Å². The van der Waals surface area contributed by atoms with Crippen molar-refractivity contribution in [3.05, 3.63) is 23.8 Å². The van der Waals surface area contributed by atoms with Crippen molar-refractivity contribution in [3.8, 4) is 0 Å². The Morgan fingerprint density at radius 3 is 2.45 bits per heavy atom. The molecule has 0 saturated heterocycles. The Bertz CT molecular complexity index is 668. The van der Waals surface area contributed by atoms with Gasteiger partial charge in [-0.2, -0.15) is 0 Å². The molecule has 0 aliphatic heterocycles. The van der Waals surface area contributed by atoms with Crippen LogP contribution in [0, 0.1) is 6.92 Å². The van der Waals surface area contributed by atoms with Crippen LogP contribution >= 0.6 is 0 Å². The minimum absolute atomic E-state index is 0.0692. The number of nitrogens with two attached hydrogens (primary N) is 1. The van der Waals surface area contributed by atoms with Crippen LogP contribution < -0.4 is 9.86 Å². The van der Waals surface area contributed by atoms with Crippen LogP contribution in [0.4, 0.5) is 5.69 Å².